The SMILES string of the molecule is Cc1ccc(N2CC(C(=O)N(C)c3c(N)n(Cc4ccccc4)c(=O)[nH]c3=O)CC2=O)c(F)c1. The number of amides is 2. The highest BCUT2D eigenvalue weighted by atomic mass is 19.1. The fourth-order valence-electron chi connectivity index (χ4n) is 4.15. The standard InChI is InChI=1S/C24H24FN5O4/c1-14-8-9-18(17(25)10-14)29-13-16(11-19(29)31)23(33)28(2)20-21(26)30(24(34)27-22(20)32)12-15-6-4-3-5-7-15/h3-10,16H,11-13,26H2,1-2H3,(H,27,32,34). The lowest BCUT2D eigenvalue weighted by atomic mass is 10.1. The van der Waals surface area contributed by atoms with Crippen molar-refractivity contribution < 1.29 is 14.0 Å². The van der Waals surface area contributed by atoms with Crippen LogP contribution in [0, 0.1) is 18.7 Å². The summed E-state index contributed by atoms with van der Waals surface area (Å²) >= 11 is 0. The van der Waals surface area contributed by atoms with E-state index in [1.807, 2.05) is 6.07 Å². The van der Waals surface area contributed by atoms with Gasteiger partial charge in [0.1, 0.15) is 11.6 Å². The van der Waals surface area contributed by atoms with E-state index in [0.29, 0.717) is 5.56 Å². The molecule has 34 heavy (non-hydrogen) atoms. The van der Waals surface area contributed by atoms with Gasteiger partial charge in [0, 0.05) is 20.0 Å². The number of hydrogen-bond acceptors (Lipinski definition) is 5. The highest BCUT2D eigenvalue weighted by molar-refractivity contribution is 6.05. The first kappa shape index (κ1) is 23.0. The summed E-state index contributed by atoms with van der Waals surface area (Å²) in [6.07, 6.45) is -0.141. The number of aryl methyl sites for hydroxylation is 1. The number of aromatic amines is 1. The third kappa shape index (κ3) is 4.21. The van der Waals surface area contributed by atoms with Crippen LogP contribution < -0.4 is 26.8 Å². The van der Waals surface area contributed by atoms with Gasteiger partial charge in [0.05, 0.1) is 18.2 Å². The van der Waals surface area contributed by atoms with Crippen LogP contribution in [0.5, 0.6) is 0 Å². The minimum Gasteiger partial charge on any atom is -0.383 e. The molecule has 4 rings (SSSR count). The zero-order valence-corrected chi connectivity index (χ0v) is 18.7. The molecule has 0 bridgehead atoms. The summed E-state index contributed by atoms with van der Waals surface area (Å²) in [6.45, 7) is 1.79. The van der Waals surface area contributed by atoms with E-state index >= 15 is 0 Å². The number of benzene rings is 2. The second kappa shape index (κ2) is 8.97. The first-order chi connectivity index (χ1) is 16.2. The highest BCUT2D eigenvalue weighted by Gasteiger charge is 2.38. The van der Waals surface area contributed by atoms with E-state index in [0.717, 1.165) is 10.5 Å². The molecule has 0 spiro atoms. The van der Waals surface area contributed by atoms with Gasteiger partial charge in [-0.05, 0) is 30.2 Å². The van der Waals surface area contributed by atoms with Gasteiger partial charge < -0.3 is 15.5 Å². The number of nitrogen functional groups attached to an aromatic ring is 1. The van der Waals surface area contributed by atoms with Crippen LogP contribution >= 0.6 is 0 Å². The Labute approximate surface area is 194 Å². The van der Waals surface area contributed by atoms with Gasteiger partial charge in [0.25, 0.3) is 5.56 Å². The average Bonchev–Trinajstić information content (AvgIpc) is 3.18. The summed E-state index contributed by atoms with van der Waals surface area (Å²) in [6, 6.07) is 13.5. The molecule has 0 saturated carbocycles. The van der Waals surface area contributed by atoms with Gasteiger partial charge in [-0.25, -0.2) is 9.18 Å². The zero-order valence-electron chi connectivity index (χ0n) is 18.7. The van der Waals surface area contributed by atoms with Crippen molar-refractivity contribution in [3.8, 4) is 0 Å². The lowest BCUT2D eigenvalue weighted by Gasteiger charge is -2.23. The summed E-state index contributed by atoms with van der Waals surface area (Å²) in [7, 11) is 1.36. The molecule has 1 atom stereocenters. The number of nitrogens with one attached hydrogen (secondary N) is 1. The van der Waals surface area contributed by atoms with Crippen molar-refractivity contribution >= 4 is 29.0 Å². The molecule has 3 aromatic rings. The molecule has 3 N–H and O–H groups in total. The fourth-order valence-corrected chi connectivity index (χ4v) is 4.15. The predicted octanol–water partition coefficient (Wildman–Crippen LogP) is 1.63. The molecular weight excluding hydrogens is 441 g/mol. The Morgan fingerprint density at radius 2 is 1.88 bits per heavy atom. The van der Waals surface area contributed by atoms with Gasteiger partial charge in [-0.1, -0.05) is 36.4 Å². The number of H-pyrrole nitrogens is 1. The first-order valence-electron chi connectivity index (χ1n) is 10.7. The maximum absolute atomic E-state index is 14.4. The molecule has 1 aromatic heterocycles. The van der Waals surface area contributed by atoms with Crippen molar-refractivity contribution in [1.82, 2.24) is 9.55 Å². The van der Waals surface area contributed by atoms with Crippen LogP contribution in [-0.2, 0) is 16.1 Å². The molecule has 2 heterocycles. The summed E-state index contributed by atoms with van der Waals surface area (Å²) in [5.41, 5.74) is 6.06. The second-order valence-electron chi connectivity index (χ2n) is 8.32. The molecule has 1 saturated heterocycles. The largest absolute Gasteiger partial charge is 0.383 e. The Morgan fingerprint density at radius 1 is 1.18 bits per heavy atom. The van der Waals surface area contributed by atoms with E-state index in [4.69, 9.17) is 5.73 Å². The van der Waals surface area contributed by atoms with Crippen LogP contribution in [0.2, 0.25) is 0 Å². The molecule has 2 aromatic carbocycles. The number of aromatic nitrogens is 2. The molecule has 1 fully saturated rings. The number of halogens is 1. The Bertz CT molecular complexity index is 1380. The van der Waals surface area contributed by atoms with E-state index in [9.17, 15) is 23.6 Å². The summed E-state index contributed by atoms with van der Waals surface area (Å²) in [5, 5.41) is 0. The monoisotopic (exact) mass is 465 g/mol. The summed E-state index contributed by atoms with van der Waals surface area (Å²) in [5.74, 6) is -2.47. The third-order valence-corrected chi connectivity index (χ3v) is 5.93. The summed E-state index contributed by atoms with van der Waals surface area (Å²) in [4.78, 5) is 55.3. The zero-order chi connectivity index (χ0) is 24.6. The number of hydrogen-bond donors (Lipinski definition) is 2. The number of nitrogens with two attached hydrogens (primary N) is 1. The topological polar surface area (TPSA) is 122 Å². The van der Waals surface area contributed by atoms with Gasteiger partial charge >= 0.3 is 5.69 Å². The Morgan fingerprint density at radius 3 is 2.56 bits per heavy atom. The number of rotatable bonds is 5. The Hall–Kier alpha value is -4.21. The highest BCUT2D eigenvalue weighted by Crippen LogP contribution is 2.30. The minimum absolute atomic E-state index is 0.0382. The molecule has 1 unspecified atom stereocenters. The molecular formula is C24H24FN5O4. The fraction of sp³-hybridized carbons (Fsp3) is 0.250. The van der Waals surface area contributed by atoms with Crippen molar-refractivity contribution in [1.29, 1.82) is 0 Å². The maximum atomic E-state index is 14.4. The minimum atomic E-state index is -0.813. The molecule has 1 aliphatic rings. The third-order valence-electron chi connectivity index (χ3n) is 5.93. The average molecular weight is 465 g/mol. The second-order valence-corrected chi connectivity index (χ2v) is 8.32. The molecule has 0 radical (unpaired) electrons. The molecule has 2 amide bonds. The van der Waals surface area contributed by atoms with E-state index in [2.05, 4.69) is 4.98 Å². The molecule has 176 valence electrons. The van der Waals surface area contributed by atoms with Crippen molar-refractivity contribution in [2.24, 2.45) is 5.92 Å². The van der Waals surface area contributed by atoms with Crippen LogP contribution in [0.4, 0.5) is 21.6 Å². The molecule has 9 nitrogen and oxygen atoms in total. The molecule has 0 aliphatic carbocycles. The summed E-state index contributed by atoms with van der Waals surface area (Å²) < 4.78 is 15.6. The van der Waals surface area contributed by atoms with Crippen LogP contribution in [-0.4, -0.2) is 35.0 Å². The number of carbonyl (C=O) groups is 2. The number of carbonyl (C=O) groups excluding carboxylic acids is 2. The lowest BCUT2D eigenvalue weighted by molar-refractivity contribution is -0.124. The lowest BCUT2D eigenvalue weighted by Crippen LogP contribution is -2.42. The Balaban J connectivity index is 1.61. The van der Waals surface area contributed by atoms with Crippen LogP contribution in [0.25, 0.3) is 0 Å². The molecule has 10 heteroatoms. The first-order valence-corrected chi connectivity index (χ1v) is 10.7. The quantitative estimate of drug-likeness (QED) is 0.593. The van der Waals surface area contributed by atoms with E-state index < -0.39 is 34.8 Å². The molecule has 1 aliphatic heterocycles. The van der Waals surface area contributed by atoms with E-state index in [1.54, 1.807) is 37.3 Å². The van der Waals surface area contributed by atoms with E-state index in [-0.39, 0.29) is 36.7 Å². The van der Waals surface area contributed by atoms with Crippen molar-refractivity contribution in [3.05, 3.63) is 86.3 Å². The van der Waals surface area contributed by atoms with Gasteiger partial charge in [0.2, 0.25) is 11.8 Å². The Kier molecular flexibility index (Phi) is 6.06. The van der Waals surface area contributed by atoms with Gasteiger partial charge in [0.15, 0.2) is 5.69 Å². The van der Waals surface area contributed by atoms with Crippen molar-refractivity contribution in [2.75, 3.05) is 29.1 Å². The van der Waals surface area contributed by atoms with Crippen LogP contribution in [0.1, 0.15) is 17.5 Å². The van der Waals surface area contributed by atoms with Gasteiger partial charge in [-0.15, -0.1) is 0 Å². The van der Waals surface area contributed by atoms with Crippen molar-refractivity contribution in [3.63, 3.8) is 0 Å². The van der Waals surface area contributed by atoms with Gasteiger partial charge in [-0.3, -0.25) is 23.9 Å². The van der Waals surface area contributed by atoms with Crippen LogP contribution in [0.15, 0.2) is 58.1 Å². The van der Waals surface area contributed by atoms with Gasteiger partial charge in [-0.2, -0.15) is 0 Å². The van der Waals surface area contributed by atoms with E-state index in [1.165, 1.54) is 28.6 Å². The normalized spacial score (nSPS) is 15.6. The smallest absolute Gasteiger partial charge is 0.330 e. The predicted molar refractivity (Wildman–Crippen MR) is 126 cm³/mol. The number of anilines is 3. The maximum Gasteiger partial charge on any atom is 0.330 e. The number of nitrogens with zero attached hydrogens (tertiary/aromatic N) is 3. The van der Waals surface area contributed by atoms with Crippen LogP contribution in [0.3, 0.4) is 0 Å². The van der Waals surface area contributed by atoms with Crippen molar-refractivity contribution in [2.45, 2.75) is 19.9 Å².